The van der Waals surface area contributed by atoms with Crippen molar-refractivity contribution < 1.29 is 4.42 Å². The van der Waals surface area contributed by atoms with Crippen LogP contribution in [0, 0.1) is 0 Å². The van der Waals surface area contributed by atoms with Crippen LogP contribution in [0.25, 0.3) is 12.2 Å². The molecule has 0 atom stereocenters. The quantitative estimate of drug-likeness (QED) is 0.768. The number of nitrogens with one attached hydrogen (secondary N) is 1. The minimum Gasteiger partial charge on any atom is -0.408 e. The maximum atomic E-state index is 10.7. The van der Waals surface area contributed by atoms with E-state index in [-0.39, 0.29) is 0 Å². The van der Waals surface area contributed by atoms with Crippen molar-refractivity contribution in [1.82, 2.24) is 4.98 Å². The van der Waals surface area contributed by atoms with Gasteiger partial charge in [0.2, 0.25) is 0 Å². The second-order valence-corrected chi connectivity index (χ2v) is 2.82. The first-order valence-corrected chi connectivity index (χ1v) is 3.70. The van der Waals surface area contributed by atoms with Crippen LogP contribution in [0.15, 0.2) is 20.8 Å². The molecule has 0 bridgehead atoms. The average molecular weight is 186 g/mol. The van der Waals surface area contributed by atoms with Gasteiger partial charge in [-0.1, -0.05) is 18.2 Å². The van der Waals surface area contributed by atoms with E-state index in [0.717, 1.165) is 0 Å². The van der Waals surface area contributed by atoms with E-state index in [0.29, 0.717) is 16.5 Å². The lowest BCUT2D eigenvalue weighted by atomic mass is 10.3. The third-order valence-electron chi connectivity index (χ3n) is 1.24. The standard InChI is InChI=1S/C8H8ClNO2/c1-3-6-7(4-5(2)9)12-8(11)10-6/h3-4H,1H2,2H3,(H,10,11)/b5-4+. The third-order valence-corrected chi connectivity index (χ3v) is 1.35. The van der Waals surface area contributed by atoms with Crippen LogP contribution in [0.4, 0.5) is 0 Å². The van der Waals surface area contributed by atoms with Crippen molar-refractivity contribution in [2.75, 3.05) is 0 Å². The minimum absolute atomic E-state index is 0.405. The van der Waals surface area contributed by atoms with Crippen LogP contribution in [0.1, 0.15) is 18.4 Å². The Kier molecular flexibility index (Phi) is 2.55. The summed E-state index contributed by atoms with van der Waals surface area (Å²) >= 11 is 5.60. The van der Waals surface area contributed by atoms with Gasteiger partial charge in [0, 0.05) is 5.03 Å². The van der Waals surface area contributed by atoms with E-state index in [1.54, 1.807) is 13.0 Å². The highest BCUT2D eigenvalue weighted by atomic mass is 35.5. The summed E-state index contributed by atoms with van der Waals surface area (Å²) in [5.74, 6) is -0.100. The van der Waals surface area contributed by atoms with Crippen LogP contribution in [-0.2, 0) is 0 Å². The summed E-state index contributed by atoms with van der Waals surface area (Å²) in [6, 6.07) is 0. The topological polar surface area (TPSA) is 46.0 Å². The van der Waals surface area contributed by atoms with E-state index in [2.05, 4.69) is 11.6 Å². The van der Waals surface area contributed by atoms with Gasteiger partial charge in [0.05, 0.1) is 5.69 Å². The van der Waals surface area contributed by atoms with E-state index in [1.807, 2.05) is 0 Å². The van der Waals surface area contributed by atoms with Crippen LogP contribution >= 0.6 is 11.6 Å². The third kappa shape index (κ3) is 1.89. The Hall–Kier alpha value is -1.22. The van der Waals surface area contributed by atoms with Gasteiger partial charge in [-0.25, -0.2) is 4.79 Å². The van der Waals surface area contributed by atoms with Gasteiger partial charge in [0.15, 0.2) is 5.76 Å². The molecule has 4 heteroatoms. The van der Waals surface area contributed by atoms with E-state index < -0.39 is 5.76 Å². The van der Waals surface area contributed by atoms with Crippen molar-refractivity contribution in [2.45, 2.75) is 6.92 Å². The summed E-state index contributed by atoms with van der Waals surface area (Å²) in [6.07, 6.45) is 3.05. The summed E-state index contributed by atoms with van der Waals surface area (Å²) in [6.45, 7) is 5.21. The van der Waals surface area contributed by atoms with Gasteiger partial charge in [-0.15, -0.1) is 0 Å². The van der Waals surface area contributed by atoms with Gasteiger partial charge in [-0.05, 0) is 19.1 Å². The molecule has 0 aliphatic carbocycles. The molecule has 1 rings (SSSR count). The Bertz CT molecular complexity index is 369. The van der Waals surface area contributed by atoms with Crippen LogP contribution in [0.2, 0.25) is 0 Å². The highest BCUT2D eigenvalue weighted by Gasteiger charge is 2.02. The summed E-state index contributed by atoms with van der Waals surface area (Å²) in [5.41, 5.74) is 0.542. The van der Waals surface area contributed by atoms with E-state index in [4.69, 9.17) is 16.0 Å². The van der Waals surface area contributed by atoms with Gasteiger partial charge in [-0.2, -0.15) is 0 Å². The van der Waals surface area contributed by atoms with Crippen molar-refractivity contribution >= 4 is 23.8 Å². The van der Waals surface area contributed by atoms with E-state index >= 15 is 0 Å². The second-order valence-electron chi connectivity index (χ2n) is 2.23. The number of oxazole rings is 1. The zero-order chi connectivity index (χ0) is 9.14. The number of hydrogen-bond acceptors (Lipinski definition) is 2. The highest BCUT2D eigenvalue weighted by Crippen LogP contribution is 2.12. The van der Waals surface area contributed by atoms with E-state index in [9.17, 15) is 4.79 Å². The zero-order valence-electron chi connectivity index (χ0n) is 6.56. The Labute approximate surface area is 74.4 Å². The van der Waals surface area contributed by atoms with Gasteiger partial charge in [0.1, 0.15) is 0 Å². The number of halogens is 1. The monoisotopic (exact) mass is 185 g/mol. The van der Waals surface area contributed by atoms with Crippen molar-refractivity contribution in [1.29, 1.82) is 0 Å². The van der Waals surface area contributed by atoms with Crippen molar-refractivity contribution in [3.63, 3.8) is 0 Å². The first kappa shape index (κ1) is 8.87. The van der Waals surface area contributed by atoms with Crippen molar-refractivity contribution in [2.24, 2.45) is 0 Å². The molecule has 1 heterocycles. The summed E-state index contributed by atoms with van der Waals surface area (Å²) in [5, 5.41) is 0.542. The van der Waals surface area contributed by atoms with E-state index in [1.165, 1.54) is 6.08 Å². The fourth-order valence-corrected chi connectivity index (χ4v) is 0.890. The first-order chi connectivity index (χ1) is 5.63. The molecule has 1 N–H and O–H groups in total. The average Bonchev–Trinajstić information content (AvgIpc) is 2.29. The lowest BCUT2D eigenvalue weighted by Crippen LogP contribution is -1.94. The molecular weight excluding hydrogens is 178 g/mol. The lowest BCUT2D eigenvalue weighted by Gasteiger charge is -1.87. The molecular formula is C8H8ClNO2. The number of aromatic amines is 1. The summed E-state index contributed by atoms with van der Waals surface area (Å²) in [4.78, 5) is 13.2. The van der Waals surface area contributed by atoms with Crippen molar-refractivity contribution in [3.05, 3.63) is 33.6 Å². The first-order valence-electron chi connectivity index (χ1n) is 3.33. The number of hydrogen-bond donors (Lipinski definition) is 1. The second kappa shape index (κ2) is 3.45. The SMILES string of the molecule is C=Cc1[nH]c(=O)oc1/C=C(\C)Cl. The van der Waals surface area contributed by atoms with Crippen LogP contribution < -0.4 is 5.76 Å². The molecule has 12 heavy (non-hydrogen) atoms. The molecule has 3 nitrogen and oxygen atoms in total. The number of allylic oxidation sites excluding steroid dienone is 1. The molecule has 1 aromatic heterocycles. The fraction of sp³-hybridized carbons (Fsp3) is 0.125. The van der Waals surface area contributed by atoms with Crippen LogP contribution in [0.3, 0.4) is 0 Å². The van der Waals surface area contributed by atoms with Gasteiger partial charge >= 0.3 is 5.76 Å². The zero-order valence-corrected chi connectivity index (χ0v) is 7.31. The molecule has 0 radical (unpaired) electrons. The Morgan fingerprint density at radius 2 is 2.42 bits per heavy atom. The van der Waals surface area contributed by atoms with Gasteiger partial charge in [0.25, 0.3) is 0 Å². The number of H-pyrrole nitrogens is 1. The molecule has 0 fully saturated rings. The van der Waals surface area contributed by atoms with Crippen LogP contribution in [0.5, 0.6) is 0 Å². The molecule has 0 aliphatic heterocycles. The molecule has 0 spiro atoms. The maximum absolute atomic E-state index is 10.7. The van der Waals surface area contributed by atoms with Crippen LogP contribution in [-0.4, -0.2) is 4.98 Å². The molecule has 1 aromatic rings. The Morgan fingerprint density at radius 1 is 1.75 bits per heavy atom. The normalized spacial score (nSPS) is 11.7. The highest BCUT2D eigenvalue weighted by molar-refractivity contribution is 6.31. The molecule has 0 unspecified atom stereocenters. The number of aromatic nitrogens is 1. The summed E-state index contributed by atoms with van der Waals surface area (Å²) < 4.78 is 4.77. The maximum Gasteiger partial charge on any atom is 0.417 e. The minimum atomic E-state index is -0.505. The van der Waals surface area contributed by atoms with Gasteiger partial charge in [-0.3, -0.25) is 4.98 Å². The number of rotatable bonds is 2. The molecule has 0 saturated heterocycles. The molecule has 0 amide bonds. The predicted molar refractivity (Wildman–Crippen MR) is 48.9 cm³/mol. The van der Waals surface area contributed by atoms with Gasteiger partial charge < -0.3 is 4.42 Å². The molecule has 0 saturated carbocycles. The lowest BCUT2D eigenvalue weighted by molar-refractivity contribution is 0.506. The Balaban J connectivity index is 3.22. The Morgan fingerprint density at radius 3 is 2.92 bits per heavy atom. The molecule has 0 aromatic carbocycles. The van der Waals surface area contributed by atoms with Crippen molar-refractivity contribution in [3.8, 4) is 0 Å². The molecule has 0 aliphatic rings. The largest absolute Gasteiger partial charge is 0.417 e. The molecule has 64 valence electrons. The predicted octanol–water partition coefficient (Wildman–Crippen LogP) is 2.21. The summed E-state index contributed by atoms with van der Waals surface area (Å²) in [7, 11) is 0. The smallest absolute Gasteiger partial charge is 0.408 e. The fourth-order valence-electron chi connectivity index (χ4n) is 0.791.